The van der Waals surface area contributed by atoms with Gasteiger partial charge in [0, 0.05) is 12.6 Å². The molecule has 0 aliphatic heterocycles. The average Bonchev–Trinajstić information content (AvgIpc) is 3.11. The molecule has 0 aliphatic rings. The zero-order valence-corrected chi connectivity index (χ0v) is 14.5. The Hall–Kier alpha value is -3.99. The molecule has 0 saturated heterocycles. The highest BCUT2D eigenvalue weighted by atomic mass is 16.5. The fourth-order valence-electron chi connectivity index (χ4n) is 2.66. The number of pyridine rings is 1. The molecule has 0 saturated carbocycles. The van der Waals surface area contributed by atoms with Crippen LogP contribution in [0.15, 0.2) is 55.2 Å². The monoisotopic (exact) mass is 357 g/mol. The Morgan fingerprint density at radius 1 is 1.04 bits per heavy atom. The third kappa shape index (κ3) is 3.52. The van der Waals surface area contributed by atoms with Crippen molar-refractivity contribution in [1.82, 2.24) is 24.5 Å². The summed E-state index contributed by atoms with van der Waals surface area (Å²) in [5.41, 5.74) is 3.16. The van der Waals surface area contributed by atoms with Gasteiger partial charge in [0.15, 0.2) is 5.69 Å². The molecule has 0 fully saturated rings. The molecule has 27 heavy (non-hydrogen) atoms. The molecule has 4 aromatic rings. The first kappa shape index (κ1) is 16.5. The lowest BCUT2D eigenvalue weighted by Crippen LogP contribution is -2.00. The number of nitrogens with zero attached hydrogens (tertiary/aromatic N) is 6. The number of aromatic nitrogens is 5. The number of hydrogen-bond donors (Lipinski definition) is 1. The second kappa shape index (κ2) is 7.09. The molecule has 0 atom stereocenters. The van der Waals surface area contributed by atoms with E-state index in [1.807, 2.05) is 36.4 Å². The third-order valence-corrected chi connectivity index (χ3v) is 4.04. The lowest BCUT2D eigenvalue weighted by Gasteiger charge is -2.08. The van der Waals surface area contributed by atoms with Gasteiger partial charge in [-0.3, -0.25) is 0 Å². The molecule has 0 unspecified atom stereocenters. The highest BCUT2D eigenvalue weighted by Gasteiger charge is 2.07. The van der Waals surface area contributed by atoms with Crippen LogP contribution in [-0.2, 0) is 6.54 Å². The number of nitrogens with one attached hydrogen (secondary N) is 1. The summed E-state index contributed by atoms with van der Waals surface area (Å²) < 4.78 is 7.25. The molecule has 4 rings (SSSR count). The largest absolute Gasteiger partial charge is 0.497 e. The number of rotatable bonds is 5. The molecule has 0 spiro atoms. The predicted octanol–water partition coefficient (Wildman–Crippen LogP) is 2.89. The van der Waals surface area contributed by atoms with E-state index in [9.17, 15) is 0 Å². The maximum atomic E-state index is 8.79. The van der Waals surface area contributed by atoms with Crippen molar-refractivity contribution in [2.75, 3.05) is 12.4 Å². The normalized spacial score (nSPS) is 10.5. The Morgan fingerprint density at radius 2 is 1.85 bits per heavy atom. The van der Waals surface area contributed by atoms with Crippen molar-refractivity contribution in [2.45, 2.75) is 6.54 Å². The van der Waals surface area contributed by atoms with E-state index in [0.717, 1.165) is 22.3 Å². The third-order valence-electron chi connectivity index (χ3n) is 4.04. The molecule has 1 aromatic carbocycles. The molecule has 8 heteroatoms. The number of imidazole rings is 1. The number of ether oxygens (including phenoxy) is 1. The number of nitriles is 1. The maximum Gasteiger partial charge on any atom is 0.158 e. The quantitative estimate of drug-likeness (QED) is 0.586. The zero-order valence-electron chi connectivity index (χ0n) is 14.5. The van der Waals surface area contributed by atoms with Gasteiger partial charge < -0.3 is 14.6 Å². The minimum absolute atomic E-state index is 0.265. The summed E-state index contributed by atoms with van der Waals surface area (Å²) >= 11 is 0. The minimum Gasteiger partial charge on any atom is -0.497 e. The van der Waals surface area contributed by atoms with Gasteiger partial charge in [-0.25, -0.2) is 19.9 Å². The fourth-order valence-corrected chi connectivity index (χ4v) is 2.66. The Bertz CT molecular complexity index is 1110. The number of methoxy groups -OCH3 is 1. The van der Waals surface area contributed by atoms with Gasteiger partial charge in [-0.05, 0) is 17.7 Å². The van der Waals surface area contributed by atoms with Gasteiger partial charge in [-0.1, -0.05) is 12.1 Å². The highest BCUT2D eigenvalue weighted by molar-refractivity contribution is 5.78. The van der Waals surface area contributed by atoms with Crippen molar-refractivity contribution < 1.29 is 4.74 Å². The van der Waals surface area contributed by atoms with Gasteiger partial charge in [-0.2, -0.15) is 5.26 Å². The number of anilines is 2. The Morgan fingerprint density at radius 3 is 2.56 bits per heavy atom. The summed E-state index contributed by atoms with van der Waals surface area (Å²) in [6.07, 6.45) is 6.41. The molecule has 0 bridgehead atoms. The second-order valence-electron chi connectivity index (χ2n) is 5.80. The first-order valence-corrected chi connectivity index (χ1v) is 8.18. The van der Waals surface area contributed by atoms with E-state index >= 15 is 0 Å². The lowest BCUT2D eigenvalue weighted by atomic mass is 10.2. The Balaban J connectivity index is 1.59. The summed E-state index contributed by atoms with van der Waals surface area (Å²) in [6, 6.07) is 11.8. The van der Waals surface area contributed by atoms with Crippen molar-refractivity contribution in [1.29, 1.82) is 5.26 Å². The van der Waals surface area contributed by atoms with Crippen LogP contribution in [0, 0.1) is 11.3 Å². The van der Waals surface area contributed by atoms with Crippen LogP contribution < -0.4 is 10.1 Å². The summed E-state index contributed by atoms with van der Waals surface area (Å²) in [6.45, 7) is 0.681. The van der Waals surface area contributed by atoms with Crippen LogP contribution in [0.25, 0.3) is 11.0 Å². The summed E-state index contributed by atoms with van der Waals surface area (Å²) in [5, 5.41) is 11.9. The number of hydrogen-bond acceptors (Lipinski definition) is 7. The molecular weight excluding hydrogens is 342 g/mol. The van der Waals surface area contributed by atoms with Crippen molar-refractivity contribution in [3.05, 3.63) is 66.5 Å². The van der Waals surface area contributed by atoms with Crippen molar-refractivity contribution in [2.24, 2.45) is 0 Å². The maximum absolute atomic E-state index is 8.79. The van der Waals surface area contributed by atoms with Crippen molar-refractivity contribution in [3.8, 4) is 11.8 Å². The fraction of sp³-hybridized carbons (Fsp3) is 0.105. The van der Waals surface area contributed by atoms with Crippen molar-refractivity contribution >= 4 is 22.7 Å². The average molecular weight is 357 g/mol. The van der Waals surface area contributed by atoms with Crippen LogP contribution in [0.5, 0.6) is 5.75 Å². The van der Waals surface area contributed by atoms with Crippen LogP contribution in [0.2, 0.25) is 0 Å². The van der Waals surface area contributed by atoms with E-state index in [2.05, 4.69) is 29.8 Å². The molecular formula is C19H15N7O. The van der Waals surface area contributed by atoms with E-state index in [0.29, 0.717) is 18.2 Å². The Kier molecular flexibility index (Phi) is 4.33. The first-order chi connectivity index (χ1) is 13.2. The highest BCUT2D eigenvalue weighted by Crippen LogP contribution is 2.20. The molecule has 132 valence electrons. The van der Waals surface area contributed by atoms with Gasteiger partial charge in [0.25, 0.3) is 0 Å². The summed E-state index contributed by atoms with van der Waals surface area (Å²) in [4.78, 5) is 16.9. The topological polar surface area (TPSA) is 102 Å². The molecule has 0 amide bonds. The van der Waals surface area contributed by atoms with E-state index in [-0.39, 0.29) is 5.69 Å². The number of fused-ring (bicyclic) bond motifs is 1. The van der Waals surface area contributed by atoms with E-state index < -0.39 is 0 Å². The smallest absolute Gasteiger partial charge is 0.158 e. The molecule has 1 N–H and O–H groups in total. The summed E-state index contributed by atoms with van der Waals surface area (Å²) in [7, 11) is 1.65. The van der Waals surface area contributed by atoms with E-state index in [1.54, 1.807) is 19.6 Å². The van der Waals surface area contributed by atoms with Crippen molar-refractivity contribution in [3.63, 3.8) is 0 Å². The van der Waals surface area contributed by atoms with Gasteiger partial charge >= 0.3 is 0 Å². The van der Waals surface area contributed by atoms with Crippen LogP contribution in [0.4, 0.5) is 11.6 Å². The zero-order chi connectivity index (χ0) is 18.6. The van der Waals surface area contributed by atoms with Gasteiger partial charge in [-0.15, -0.1) is 0 Å². The minimum atomic E-state index is 0.265. The van der Waals surface area contributed by atoms with Gasteiger partial charge in [0.05, 0.1) is 37.5 Å². The van der Waals surface area contributed by atoms with E-state index in [4.69, 9.17) is 10.00 Å². The van der Waals surface area contributed by atoms with Crippen LogP contribution in [0.3, 0.4) is 0 Å². The molecule has 3 heterocycles. The van der Waals surface area contributed by atoms with Crippen LogP contribution >= 0.6 is 0 Å². The molecule has 8 nitrogen and oxygen atoms in total. The molecule has 3 aromatic heterocycles. The van der Waals surface area contributed by atoms with Gasteiger partial charge in [0.1, 0.15) is 29.0 Å². The molecule has 0 radical (unpaired) electrons. The summed E-state index contributed by atoms with van der Waals surface area (Å²) in [5.74, 6) is 1.97. The SMILES string of the molecule is COc1ccc(Cn2cnc3cnc(Nc4cnc(C#N)cn4)cc32)cc1. The predicted molar refractivity (Wildman–Crippen MR) is 99.7 cm³/mol. The van der Waals surface area contributed by atoms with Crippen LogP contribution in [-0.4, -0.2) is 31.6 Å². The van der Waals surface area contributed by atoms with Crippen LogP contribution in [0.1, 0.15) is 11.3 Å². The standard InChI is InChI=1S/C19H15N7O/c1-27-15-4-2-13(3-5-15)11-26-12-24-16-9-23-18(6-17(16)26)25-19-10-21-14(7-20)8-22-19/h2-6,8-10,12H,11H2,1H3,(H,22,23,25). The lowest BCUT2D eigenvalue weighted by molar-refractivity contribution is 0.414. The van der Waals surface area contributed by atoms with E-state index in [1.165, 1.54) is 12.4 Å². The second-order valence-corrected chi connectivity index (χ2v) is 5.80. The van der Waals surface area contributed by atoms with Gasteiger partial charge in [0.2, 0.25) is 0 Å². The first-order valence-electron chi connectivity index (χ1n) is 8.18. The molecule has 0 aliphatic carbocycles. The Labute approximate surface area is 155 Å². The number of benzene rings is 1.